The van der Waals surface area contributed by atoms with Crippen LogP contribution in [0.15, 0.2) is 24.5 Å². The molecule has 3 aliphatic rings. The zero-order valence-corrected chi connectivity index (χ0v) is 13.7. The Labute approximate surface area is 138 Å². The van der Waals surface area contributed by atoms with E-state index in [0.29, 0.717) is 18.1 Å². The molecule has 0 unspecified atom stereocenters. The number of amides is 2. The van der Waals surface area contributed by atoms with Crippen molar-refractivity contribution in [2.45, 2.75) is 50.7 Å². The Morgan fingerprint density at radius 3 is 2.52 bits per heavy atom. The standard InChI is InChI=1S/C18H26N4O/c23-18-21-11-10-20(12-15-6-8-19-9-7-15)13-17(21)14-22(18)16-4-2-1-3-5-16/h6-9,16-17H,1-5,10-14H2/t17-/m1/s1. The molecule has 0 radical (unpaired) electrons. The minimum atomic E-state index is 0.297. The first-order chi connectivity index (χ1) is 11.3. The first-order valence-electron chi connectivity index (χ1n) is 9.00. The average Bonchev–Trinajstić information content (AvgIpc) is 2.93. The number of hydrogen-bond acceptors (Lipinski definition) is 3. The van der Waals surface area contributed by atoms with Crippen molar-refractivity contribution in [3.05, 3.63) is 30.1 Å². The molecule has 1 aromatic heterocycles. The molecule has 1 aliphatic carbocycles. The van der Waals surface area contributed by atoms with Crippen LogP contribution in [0.1, 0.15) is 37.7 Å². The van der Waals surface area contributed by atoms with E-state index in [1.807, 2.05) is 12.4 Å². The molecular formula is C18H26N4O. The molecule has 0 spiro atoms. The summed E-state index contributed by atoms with van der Waals surface area (Å²) in [5, 5.41) is 0. The molecule has 1 saturated carbocycles. The Morgan fingerprint density at radius 1 is 0.957 bits per heavy atom. The van der Waals surface area contributed by atoms with Crippen LogP contribution in [0, 0.1) is 0 Å². The van der Waals surface area contributed by atoms with Crippen molar-refractivity contribution < 1.29 is 4.79 Å². The Kier molecular flexibility index (Phi) is 4.21. The summed E-state index contributed by atoms with van der Waals surface area (Å²) in [7, 11) is 0. The summed E-state index contributed by atoms with van der Waals surface area (Å²) in [6.07, 6.45) is 10.0. The average molecular weight is 314 g/mol. The van der Waals surface area contributed by atoms with Gasteiger partial charge in [-0.1, -0.05) is 19.3 Å². The van der Waals surface area contributed by atoms with Crippen LogP contribution in [-0.4, -0.2) is 64.0 Å². The number of piperazine rings is 1. The smallest absolute Gasteiger partial charge is 0.320 e. The molecule has 0 N–H and O–H groups in total. The van der Waals surface area contributed by atoms with Gasteiger partial charge in [-0.25, -0.2) is 4.79 Å². The first-order valence-corrected chi connectivity index (χ1v) is 9.00. The monoisotopic (exact) mass is 314 g/mol. The van der Waals surface area contributed by atoms with Gasteiger partial charge in [0.25, 0.3) is 0 Å². The highest BCUT2D eigenvalue weighted by Crippen LogP contribution is 2.29. The van der Waals surface area contributed by atoms with E-state index in [1.54, 1.807) is 0 Å². The fraction of sp³-hybridized carbons (Fsp3) is 0.667. The van der Waals surface area contributed by atoms with Gasteiger partial charge in [0, 0.05) is 51.2 Å². The van der Waals surface area contributed by atoms with E-state index < -0.39 is 0 Å². The van der Waals surface area contributed by atoms with Gasteiger partial charge in [-0.2, -0.15) is 0 Å². The van der Waals surface area contributed by atoms with Gasteiger partial charge >= 0.3 is 6.03 Å². The van der Waals surface area contributed by atoms with E-state index >= 15 is 0 Å². The van der Waals surface area contributed by atoms with Gasteiger partial charge in [-0.05, 0) is 30.5 Å². The van der Waals surface area contributed by atoms with Crippen molar-refractivity contribution in [3.8, 4) is 0 Å². The molecule has 4 rings (SSSR count). The molecule has 5 heteroatoms. The van der Waals surface area contributed by atoms with Gasteiger partial charge in [0.1, 0.15) is 0 Å². The molecule has 0 aromatic carbocycles. The largest absolute Gasteiger partial charge is 0.320 e. The number of urea groups is 1. The molecular weight excluding hydrogens is 288 g/mol. The number of carbonyl (C=O) groups excluding carboxylic acids is 1. The van der Waals surface area contributed by atoms with E-state index in [4.69, 9.17) is 0 Å². The highest BCUT2D eigenvalue weighted by molar-refractivity contribution is 5.77. The molecule has 3 heterocycles. The van der Waals surface area contributed by atoms with Crippen LogP contribution in [-0.2, 0) is 6.54 Å². The predicted octanol–water partition coefficient (Wildman–Crippen LogP) is 2.34. The minimum absolute atomic E-state index is 0.297. The van der Waals surface area contributed by atoms with E-state index in [1.165, 1.54) is 37.7 Å². The van der Waals surface area contributed by atoms with Crippen LogP contribution < -0.4 is 0 Å². The summed E-state index contributed by atoms with van der Waals surface area (Å²) in [4.78, 5) is 23.6. The normalized spacial score (nSPS) is 26.6. The molecule has 0 bridgehead atoms. The van der Waals surface area contributed by atoms with E-state index in [0.717, 1.165) is 32.7 Å². The second-order valence-electron chi connectivity index (χ2n) is 7.16. The first kappa shape index (κ1) is 14.9. The lowest BCUT2D eigenvalue weighted by Gasteiger charge is -2.36. The lowest BCUT2D eigenvalue weighted by molar-refractivity contribution is 0.116. The van der Waals surface area contributed by atoms with E-state index in [-0.39, 0.29) is 0 Å². The Bertz CT molecular complexity index is 543. The summed E-state index contributed by atoms with van der Waals surface area (Å²) in [5.74, 6) is 0. The number of rotatable bonds is 3. The zero-order chi connectivity index (χ0) is 15.6. The van der Waals surface area contributed by atoms with Crippen molar-refractivity contribution in [3.63, 3.8) is 0 Å². The topological polar surface area (TPSA) is 39.7 Å². The number of nitrogens with zero attached hydrogens (tertiary/aromatic N) is 4. The summed E-state index contributed by atoms with van der Waals surface area (Å²) >= 11 is 0. The molecule has 1 atom stereocenters. The quantitative estimate of drug-likeness (QED) is 0.860. The third-order valence-corrected chi connectivity index (χ3v) is 5.64. The SMILES string of the molecule is O=C1N(C2CCCCC2)C[C@H]2CN(Cc3ccncc3)CCN12. The van der Waals surface area contributed by atoms with E-state index in [9.17, 15) is 4.79 Å². The van der Waals surface area contributed by atoms with Crippen LogP contribution in [0.2, 0.25) is 0 Å². The predicted molar refractivity (Wildman–Crippen MR) is 89.0 cm³/mol. The van der Waals surface area contributed by atoms with Gasteiger partial charge in [0.2, 0.25) is 0 Å². The lowest BCUT2D eigenvalue weighted by atomic mass is 9.94. The van der Waals surface area contributed by atoms with Crippen LogP contribution in [0.4, 0.5) is 4.79 Å². The molecule has 2 aliphatic heterocycles. The maximum atomic E-state index is 12.7. The lowest BCUT2D eigenvalue weighted by Crippen LogP contribution is -2.51. The number of carbonyl (C=O) groups is 1. The summed E-state index contributed by atoms with van der Waals surface area (Å²) in [6.45, 7) is 4.74. The van der Waals surface area contributed by atoms with Crippen LogP contribution in [0.3, 0.4) is 0 Å². The number of pyridine rings is 1. The molecule has 2 saturated heterocycles. The maximum Gasteiger partial charge on any atom is 0.320 e. The van der Waals surface area contributed by atoms with E-state index in [2.05, 4.69) is 31.8 Å². The summed E-state index contributed by atoms with van der Waals surface area (Å²) in [6, 6.07) is 5.34. The summed E-state index contributed by atoms with van der Waals surface area (Å²) < 4.78 is 0. The Balaban J connectivity index is 1.39. The molecule has 124 valence electrons. The summed E-state index contributed by atoms with van der Waals surface area (Å²) in [5.41, 5.74) is 1.31. The fourth-order valence-electron chi connectivity index (χ4n) is 4.39. The van der Waals surface area contributed by atoms with Crippen molar-refractivity contribution in [1.29, 1.82) is 0 Å². The van der Waals surface area contributed by atoms with Crippen LogP contribution in [0.25, 0.3) is 0 Å². The van der Waals surface area contributed by atoms with Crippen molar-refractivity contribution in [1.82, 2.24) is 19.7 Å². The zero-order valence-electron chi connectivity index (χ0n) is 13.7. The molecule has 5 nitrogen and oxygen atoms in total. The number of aromatic nitrogens is 1. The molecule has 3 fully saturated rings. The van der Waals surface area contributed by atoms with Gasteiger partial charge in [-0.3, -0.25) is 9.88 Å². The third-order valence-electron chi connectivity index (χ3n) is 5.64. The highest BCUT2D eigenvalue weighted by Gasteiger charge is 2.43. The van der Waals surface area contributed by atoms with Gasteiger partial charge in [0.05, 0.1) is 6.04 Å². The minimum Gasteiger partial charge on any atom is -0.320 e. The number of fused-ring (bicyclic) bond motifs is 1. The van der Waals surface area contributed by atoms with Gasteiger partial charge in [0.15, 0.2) is 0 Å². The van der Waals surface area contributed by atoms with Crippen molar-refractivity contribution >= 4 is 6.03 Å². The Morgan fingerprint density at radius 2 is 1.74 bits per heavy atom. The van der Waals surface area contributed by atoms with Crippen LogP contribution >= 0.6 is 0 Å². The molecule has 1 aromatic rings. The maximum absolute atomic E-state index is 12.7. The molecule has 23 heavy (non-hydrogen) atoms. The second kappa shape index (κ2) is 6.48. The second-order valence-corrected chi connectivity index (χ2v) is 7.16. The van der Waals surface area contributed by atoms with Crippen molar-refractivity contribution in [2.75, 3.05) is 26.2 Å². The van der Waals surface area contributed by atoms with Crippen LogP contribution in [0.5, 0.6) is 0 Å². The van der Waals surface area contributed by atoms with Crippen molar-refractivity contribution in [2.24, 2.45) is 0 Å². The molecule has 2 amide bonds. The third kappa shape index (κ3) is 3.07. The highest BCUT2D eigenvalue weighted by atomic mass is 16.2. The van der Waals surface area contributed by atoms with Gasteiger partial charge in [-0.15, -0.1) is 0 Å². The Hall–Kier alpha value is -1.62. The van der Waals surface area contributed by atoms with Gasteiger partial charge < -0.3 is 9.80 Å². The fourth-order valence-corrected chi connectivity index (χ4v) is 4.39. The number of hydrogen-bond donors (Lipinski definition) is 0.